The first-order valence-corrected chi connectivity index (χ1v) is 7.17. The summed E-state index contributed by atoms with van der Waals surface area (Å²) in [5.41, 5.74) is 0.750. The van der Waals surface area contributed by atoms with Crippen LogP contribution in [0.3, 0.4) is 0 Å². The summed E-state index contributed by atoms with van der Waals surface area (Å²) in [5, 5.41) is 3.35. The van der Waals surface area contributed by atoms with Crippen molar-refractivity contribution in [2.24, 2.45) is 0 Å². The average Bonchev–Trinajstić information content (AvgIpc) is 2.38. The van der Waals surface area contributed by atoms with Crippen LogP contribution in [0.25, 0.3) is 0 Å². The van der Waals surface area contributed by atoms with Crippen LogP contribution in [0.1, 0.15) is 27.7 Å². The molecule has 0 spiro atoms. The summed E-state index contributed by atoms with van der Waals surface area (Å²) in [4.78, 5) is 6.61. The number of halogens is 1. The number of nitrogens with one attached hydrogen (secondary N) is 1. The number of rotatable bonds is 4. The van der Waals surface area contributed by atoms with Gasteiger partial charge in [-0.1, -0.05) is 12.1 Å². The molecule has 0 bridgehead atoms. The lowest BCUT2D eigenvalue weighted by Gasteiger charge is -2.25. The van der Waals surface area contributed by atoms with Crippen LogP contribution in [-0.4, -0.2) is 17.1 Å². The van der Waals surface area contributed by atoms with Gasteiger partial charge in [0.15, 0.2) is 0 Å². The van der Waals surface area contributed by atoms with Gasteiger partial charge in [-0.2, -0.15) is 0 Å². The summed E-state index contributed by atoms with van der Waals surface area (Å²) in [6.45, 7) is 9.01. The zero-order chi connectivity index (χ0) is 15.5. The van der Waals surface area contributed by atoms with E-state index in [-0.39, 0.29) is 11.4 Å². The molecular formula is C17H22FN3. The van der Waals surface area contributed by atoms with E-state index >= 15 is 0 Å². The van der Waals surface area contributed by atoms with Crippen LogP contribution < -0.4 is 10.2 Å². The second-order valence-corrected chi connectivity index (χ2v) is 5.98. The minimum absolute atomic E-state index is 0.0540. The molecule has 0 radical (unpaired) electrons. The summed E-state index contributed by atoms with van der Waals surface area (Å²) < 4.78 is 13.4. The highest BCUT2D eigenvalue weighted by atomic mass is 19.1. The van der Waals surface area contributed by atoms with Gasteiger partial charge in [0.1, 0.15) is 17.5 Å². The summed E-state index contributed by atoms with van der Waals surface area (Å²) in [7, 11) is 0. The molecule has 0 unspecified atom stereocenters. The van der Waals surface area contributed by atoms with E-state index in [2.05, 4.69) is 31.1 Å². The molecule has 0 atom stereocenters. The lowest BCUT2D eigenvalue weighted by molar-refractivity contribution is 0.627. The molecule has 4 heteroatoms. The molecule has 0 aliphatic rings. The van der Waals surface area contributed by atoms with Crippen LogP contribution in [-0.2, 0) is 0 Å². The van der Waals surface area contributed by atoms with Crippen molar-refractivity contribution in [3.8, 4) is 0 Å². The molecule has 0 saturated carbocycles. The van der Waals surface area contributed by atoms with E-state index < -0.39 is 0 Å². The molecule has 21 heavy (non-hydrogen) atoms. The maximum Gasteiger partial charge on any atom is 0.135 e. The minimum Gasteiger partial charge on any atom is -0.365 e. The van der Waals surface area contributed by atoms with Gasteiger partial charge in [0, 0.05) is 17.8 Å². The Morgan fingerprint density at radius 2 is 1.86 bits per heavy atom. The van der Waals surface area contributed by atoms with Crippen molar-refractivity contribution < 1.29 is 4.39 Å². The van der Waals surface area contributed by atoms with E-state index in [1.165, 1.54) is 12.1 Å². The fraction of sp³-hybridized carbons (Fsp3) is 0.353. The Kier molecular flexibility index (Phi) is 4.46. The molecule has 1 aromatic heterocycles. The molecule has 0 aliphatic heterocycles. The molecule has 0 aliphatic carbocycles. The molecule has 0 fully saturated rings. The number of hydrogen-bond donors (Lipinski definition) is 1. The summed E-state index contributed by atoms with van der Waals surface area (Å²) in [5.74, 6) is 1.38. The van der Waals surface area contributed by atoms with Crippen molar-refractivity contribution >= 4 is 17.3 Å². The molecule has 1 N–H and O–H groups in total. The van der Waals surface area contributed by atoms with E-state index in [1.807, 2.05) is 36.1 Å². The number of pyridine rings is 1. The van der Waals surface area contributed by atoms with Gasteiger partial charge in [-0.25, -0.2) is 9.37 Å². The molecule has 0 amide bonds. The monoisotopic (exact) mass is 287 g/mol. The Balaban J connectivity index is 2.32. The summed E-state index contributed by atoms with van der Waals surface area (Å²) in [6.07, 6.45) is 0. The highest BCUT2D eigenvalue weighted by Gasteiger charge is 2.13. The van der Waals surface area contributed by atoms with Gasteiger partial charge in [0.05, 0.1) is 0 Å². The molecule has 1 heterocycles. The third kappa shape index (κ3) is 4.18. The molecule has 1 aromatic carbocycles. The Labute approximate surface area is 125 Å². The topological polar surface area (TPSA) is 28.2 Å². The molecular weight excluding hydrogens is 265 g/mol. The predicted octanol–water partition coefficient (Wildman–Crippen LogP) is 4.59. The first-order chi connectivity index (χ1) is 9.89. The van der Waals surface area contributed by atoms with Gasteiger partial charge in [0.25, 0.3) is 0 Å². The van der Waals surface area contributed by atoms with Gasteiger partial charge >= 0.3 is 0 Å². The standard InChI is InChI=1S/C17H22FN3/c1-5-21(14-9-6-8-13(18)12-14)16-11-7-10-15(19-16)20-17(2,3)4/h6-12H,5H2,1-4H3,(H,19,20). The first kappa shape index (κ1) is 15.3. The smallest absolute Gasteiger partial charge is 0.135 e. The van der Waals surface area contributed by atoms with Crippen molar-refractivity contribution in [3.05, 3.63) is 48.3 Å². The van der Waals surface area contributed by atoms with Crippen molar-refractivity contribution in [2.45, 2.75) is 33.2 Å². The summed E-state index contributed by atoms with van der Waals surface area (Å²) >= 11 is 0. The van der Waals surface area contributed by atoms with Crippen LogP contribution in [0.15, 0.2) is 42.5 Å². The zero-order valence-electron chi connectivity index (χ0n) is 13.0. The Hall–Kier alpha value is -2.10. The fourth-order valence-electron chi connectivity index (χ4n) is 2.15. The first-order valence-electron chi connectivity index (χ1n) is 7.17. The third-order valence-electron chi connectivity index (χ3n) is 2.95. The Morgan fingerprint density at radius 1 is 1.14 bits per heavy atom. The number of nitrogens with zero attached hydrogens (tertiary/aromatic N) is 2. The average molecular weight is 287 g/mol. The van der Waals surface area contributed by atoms with Crippen molar-refractivity contribution in [3.63, 3.8) is 0 Å². The number of aromatic nitrogens is 1. The maximum atomic E-state index is 13.4. The second kappa shape index (κ2) is 6.12. The number of anilines is 3. The van der Waals surface area contributed by atoms with E-state index in [9.17, 15) is 4.39 Å². The van der Waals surface area contributed by atoms with Gasteiger partial charge < -0.3 is 10.2 Å². The van der Waals surface area contributed by atoms with Crippen LogP contribution in [0, 0.1) is 5.82 Å². The lowest BCUT2D eigenvalue weighted by Crippen LogP contribution is -2.27. The number of hydrogen-bond acceptors (Lipinski definition) is 3. The number of benzene rings is 1. The van der Waals surface area contributed by atoms with Gasteiger partial charge in [-0.05, 0) is 58.0 Å². The lowest BCUT2D eigenvalue weighted by atomic mass is 10.1. The van der Waals surface area contributed by atoms with Gasteiger partial charge in [-0.15, -0.1) is 0 Å². The van der Waals surface area contributed by atoms with E-state index in [0.29, 0.717) is 0 Å². The van der Waals surface area contributed by atoms with Crippen LogP contribution in [0.4, 0.5) is 21.7 Å². The van der Waals surface area contributed by atoms with E-state index in [4.69, 9.17) is 0 Å². The van der Waals surface area contributed by atoms with Crippen LogP contribution in [0.5, 0.6) is 0 Å². The van der Waals surface area contributed by atoms with Crippen molar-refractivity contribution in [2.75, 3.05) is 16.8 Å². The predicted molar refractivity (Wildman–Crippen MR) is 86.7 cm³/mol. The molecule has 2 aromatic rings. The normalized spacial score (nSPS) is 11.3. The van der Waals surface area contributed by atoms with Crippen LogP contribution in [0.2, 0.25) is 0 Å². The van der Waals surface area contributed by atoms with Gasteiger partial charge in [0.2, 0.25) is 0 Å². The molecule has 2 rings (SSSR count). The highest BCUT2D eigenvalue weighted by molar-refractivity contribution is 5.61. The van der Waals surface area contributed by atoms with Crippen molar-refractivity contribution in [1.29, 1.82) is 0 Å². The second-order valence-electron chi connectivity index (χ2n) is 5.98. The minimum atomic E-state index is -0.241. The molecule has 112 valence electrons. The third-order valence-corrected chi connectivity index (χ3v) is 2.95. The van der Waals surface area contributed by atoms with E-state index in [0.717, 1.165) is 23.9 Å². The Bertz CT molecular complexity index is 605. The molecule has 0 saturated heterocycles. The largest absolute Gasteiger partial charge is 0.365 e. The Morgan fingerprint density at radius 3 is 2.48 bits per heavy atom. The fourth-order valence-corrected chi connectivity index (χ4v) is 2.15. The summed E-state index contributed by atoms with van der Waals surface area (Å²) in [6, 6.07) is 12.4. The molecule has 3 nitrogen and oxygen atoms in total. The zero-order valence-corrected chi connectivity index (χ0v) is 13.0. The van der Waals surface area contributed by atoms with Gasteiger partial charge in [-0.3, -0.25) is 0 Å². The highest BCUT2D eigenvalue weighted by Crippen LogP contribution is 2.25. The maximum absolute atomic E-state index is 13.4. The quantitative estimate of drug-likeness (QED) is 0.891. The SMILES string of the molecule is CCN(c1cccc(F)c1)c1cccc(NC(C)(C)C)n1. The van der Waals surface area contributed by atoms with Crippen LogP contribution >= 0.6 is 0 Å². The van der Waals surface area contributed by atoms with Crippen molar-refractivity contribution in [1.82, 2.24) is 4.98 Å². The van der Waals surface area contributed by atoms with E-state index in [1.54, 1.807) is 6.07 Å².